The van der Waals surface area contributed by atoms with E-state index in [2.05, 4.69) is 34.1 Å². The summed E-state index contributed by atoms with van der Waals surface area (Å²) >= 11 is 1.68. The molecule has 4 heteroatoms. The molecule has 2 heterocycles. The van der Waals surface area contributed by atoms with Crippen molar-refractivity contribution in [2.24, 2.45) is 0 Å². The van der Waals surface area contributed by atoms with Crippen molar-refractivity contribution in [3.8, 4) is 10.4 Å². The molecule has 1 atom stereocenters. The van der Waals surface area contributed by atoms with E-state index in [1.54, 1.807) is 11.3 Å². The lowest BCUT2D eigenvalue weighted by molar-refractivity contribution is -0.111. The van der Waals surface area contributed by atoms with Crippen LogP contribution in [0.4, 0.5) is 0 Å². The molecule has 3 nitrogen and oxygen atoms in total. The third kappa shape index (κ3) is 2.67. The second kappa shape index (κ2) is 5.85. The van der Waals surface area contributed by atoms with Gasteiger partial charge in [0.05, 0.1) is 22.1 Å². The maximum atomic E-state index is 11.0. The van der Waals surface area contributed by atoms with Crippen molar-refractivity contribution in [3.05, 3.63) is 41.0 Å². The van der Waals surface area contributed by atoms with Gasteiger partial charge in [0.2, 0.25) is 0 Å². The third-order valence-corrected chi connectivity index (χ3v) is 4.90. The van der Waals surface area contributed by atoms with Crippen LogP contribution in [0.5, 0.6) is 0 Å². The fourth-order valence-electron chi connectivity index (χ4n) is 2.78. The van der Waals surface area contributed by atoms with Crippen LogP contribution in [-0.4, -0.2) is 28.8 Å². The maximum absolute atomic E-state index is 11.0. The molecule has 1 aromatic carbocycles. The van der Waals surface area contributed by atoms with E-state index in [1.807, 2.05) is 12.4 Å². The van der Waals surface area contributed by atoms with Crippen molar-refractivity contribution in [1.29, 1.82) is 0 Å². The van der Waals surface area contributed by atoms with Crippen LogP contribution in [0, 0.1) is 6.92 Å². The summed E-state index contributed by atoms with van der Waals surface area (Å²) < 4.78 is 0. The number of rotatable bonds is 4. The number of hydrogen-bond acceptors (Lipinski definition) is 4. The Morgan fingerprint density at radius 3 is 2.85 bits per heavy atom. The Kier molecular flexibility index (Phi) is 3.94. The zero-order chi connectivity index (χ0) is 13.9. The molecule has 0 bridgehead atoms. The lowest BCUT2D eigenvalue weighted by atomic mass is 10.1. The van der Waals surface area contributed by atoms with Crippen molar-refractivity contribution in [2.45, 2.75) is 32.4 Å². The predicted molar refractivity (Wildman–Crippen MR) is 81.8 cm³/mol. The lowest BCUT2D eigenvalue weighted by Gasteiger charge is -2.19. The summed E-state index contributed by atoms with van der Waals surface area (Å²) in [5, 5.41) is 0. The van der Waals surface area contributed by atoms with Gasteiger partial charge in [-0.15, -0.1) is 11.3 Å². The number of hydrogen-bond donors (Lipinski definition) is 0. The van der Waals surface area contributed by atoms with Gasteiger partial charge in [-0.05, 0) is 37.4 Å². The number of likely N-dealkylation sites (tertiary alicyclic amines) is 1. The van der Waals surface area contributed by atoms with Crippen LogP contribution >= 0.6 is 11.3 Å². The van der Waals surface area contributed by atoms with Gasteiger partial charge >= 0.3 is 0 Å². The Balaban J connectivity index is 1.73. The number of benzene rings is 1. The van der Waals surface area contributed by atoms with Crippen LogP contribution in [0.1, 0.15) is 24.1 Å². The molecule has 0 saturated carbocycles. The van der Waals surface area contributed by atoms with Crippen LogP contribution in [0.3, 0.4) is 0 Å². The second-order valence-electron chi connectivity index (χ2n) is 5.28. The standard InChI is InChI=1S/C16H18N2OS/c1-12-16(20-11-17-12)14-6-4-13(5-7-14)9-18-8-2-3-15(18)10-19/h4-7,10-11,15H,2-3,8-9H2,1H3. The number of aryl methyl sites for hydroxylation is 1. The smallest absolute Gasteiger partial charge is 0.137 e. The normalized spacial score (nSPS) is 19.4. The van der Waals surface area contributed by atoms with Crippen LogP contribution in [0.25, 0.3) is 10.4 Å². The van der Waals surface area contributed by atoms with Gasteiger partial charge < -0.3 is 4.79 Å². The van der Waals surface area contributed by atoms with Gasteiger partial charge in [-0.2, -0.15) is 0 Å². The predicted octanol–water partition coefficient (Wildman–Crippen LogP) is 3.28. The van der Waals surface area contributed by atoms with Crippen molar-refractivity contribution in [1.82, 2.24) is 9.88 Å². The van der Waals surface area contributed by atoms with Crippen LogP contribution in [0.15, 0.2) is 29.8 Å². The fourth-order valence-corrected chi connectivity index (χ4v) is 3.59. The number of thiazole rings is 1. The summed E-state index contributed by atoms with van der Waals surface area (Å²) in [5.41, 5.74) is 5.47. The minimum atomic E-state index is 0.110. The van der Waals surface area contributed by atoms with Gasteiger partial charge in [0.25, 0.3) is 0 Å². The van der Waals surface area contributed by atoms with Crippen LogP contribution < -0.4 is 0 Å². The highest BCUT2D eigenvalue weighted by atomic mass is 32.1. The molecular weight excluding hydrogens is 268 g/mol. The number of carbonyl (C=O) groups is 1. The summed E-state index contributed by atoms with van der Waals surface area (Å²) in [5.74, 6) is 0. The molecule has 0 spiro atoms. The van der Waals surface area contributed by atoms with Crippen molar-refractivity contribution < 1.29 is 4.79 Å². The topological polar surface area (TPSA) is 33.2 Å². The van der Waals surface area contributed by atoms with Gasteiger partial charge in [-0.3, -0.25) is 4.90 Å². The van der Waals surface area contributed by atoms with E-state index in [0.29, 0.717) is 0 Å². The third-order valence-electron chi connectivity index (χ3n) is 3.92. The molecule has 1 aromatic heterocycles. The lowest BCUT2D eigenvalue weighted by Crippen LogP contribution is -2.29. The number of carbonyl (C=O) groups excluding carboxylic acids is 1. The zero-order valence-electron chi connectivity index (χ0n) is 11.6. The monoisotopic (exact) mass is 286 g/mol. The number of aldehydes is 1. The molecule has 2 aromatic rings. The molecule has 1 aliphatic rings. The largest absolute Gasteiger partial charge is 0.302 e. The Morgan fingerprint density at radius 1 is 1.40 bits per heavy atom. The van der Waals surface area contributed by atoms with Gasteiger partial charge in [0, 0.05) is 6.54 Å². The molecule has 1 aliphatic heterocycles. The first kappa shape index (κ1) is 13.5. The molecule has 3 rings (SSSR count). The minimum Gasteiger partial charge on any atom is -0.302 e. The quantitative estimate of drug-likeness (QED) is 0.809. The second-order valence-corrected chi connectivity index (χ2v) is 6.13. The molecule has 0 aliphatic carbocycles. The minimum absolute atomic E-state index is 0.110. The summed E-state index contributed by atoms with van der Waals surface area (Å²) in [4.78, 5) is 18.8. The molecule has 1 saturated heterocycles. The van der Waals surface area contributed by atoms with E-state index in [-0.39, 0.29) is 6.04 Å². The molecule has 20 heavy (non-hydrogen) atoms. The van der Waals surface area contributed by atoms with Gasteiger partial charge in [-0.1, -0.05) is 24.3 Å². The number of nitrogens with zero attached hydrogens (tertiary/aromatic N) is 2. The molecular formula is C16H18N2OS. The summed E-state index contributed by atoms with van der Waals surface area (Å²) in [6.07, 6.45) is 3.21. The molecule has 0 radical (unpaired) electrons. The first-order valence-corrected chi connectivity index (χ1v) is 7.84. The van der Waals surface area contributed by atoms with Crippen molar-refractivity contribution in [2.75, 3.05) is 6.54 Å². The summed E-state index contributed by atoms with van der Waals surface area (Å²) in [6, 6.07) is 8.74. The molecule has 1 unspecified atom stereocenters. The SMILES string of the molecule is Cc1ncsc1-c1ccc(CN2CCCC2C=O)cc1. The van der Waals surface area contributed by atoms with E-state index in [4.69, 9.17) is 0 Å². The Morgan fingerprint density at radius 2 is 2.20 bits per heavy atom. The van der Waals surface area contributed by atoms with Crippen LogP contribution in [-0.2, 0) is 11.3 Å². The fraction of sp³-hybridized carbons (Fsp3) is 0.375. The molecule has 0 amide bonds. The molecule has 104 valence electrons. The molecule has 0 N–H and O–H groups in total. The highest BCUT2D eigenvalue weighted by molar-refractivity contribution is 7.13. The van der Waals surface area contributed by atoms with Crippen LogP contribution in [0.2, 0.25) is 0 Å². The van der Waals surface area contributed by atoms with Gasteiger partial charge in [0.1, 0.15) is 6.29 Å². The first-order chi connectivity index (χ1) is 9.78. The van der Waals surface area contributed by atoms with E-state index in [1.165, 1.54) is 16.0 Å². The highest BCUT2D eigenvalue weighted by Crippen LogP contribution is 2.27. The van der Waals surface area contributed by atoms with Gasteiger partial charge in [0.15, 0.2) is 0 Å². The van der Waals surface area contributed by atoms with E-state index < -0.39 is 0 Å². The average molecular weight is 286 g/mol. The van der Waals surface area contributed by atoms with Gasteiger partial charge in [-0.25, -0.2) is 4.98 Å². The Labute approximate surface area is 123 Å². The van der Waals surface area contributed by atoms with Crippen molar-refractivity contribution in [3.63, 3.8) is 0 Å². The van der Waals surface area contributed by atoms with E-state index in [0.717, 1.165) is 37.9 Å². The zero-order valence-corrected chi connectivity index (χ0v) is 12.4. The Hall–Kier alpha value is -1.52. The number of aromatic nitrogens is 1. The van der Waals surface area contributed by atoms with E-state index >= 15 is 0 Å². The Bertz CT molecular complexity index is 591. The van der Waals surface area contributed by atoms with Crippen molar-refractivity contribution >= 4 is 17.6 Å². The maximum Gasteiger partial charge on any atom is 0.137 e. The highest BCUT2D eigenvalue weighted by Gasteiger charge is 2.23. The van der Waals surface area contributed by atoms with E-state index in [9.17, 15) is 4.79 Å². The first-order valence-electron chi connectivity index (χ1n) is 6.96. The summed E-state index contributed by atoms with van der Waals surface area (Å²) in [6.45, 7) is 3.93. The molecule has 1 fully saturated rings. The average Bonchev–Trinajstić information content (AvgIpc) is 3.08. The summed E-state index contributed by atoms with van der Waals surface area (Å²) in [7, 11) is 0.